The molecule has 0 aliphatic rings. The summed E-state index contributed by atoms with van der Waals surface area (Å²) in [4.78, 5) is 3.96. The van der Waals surface area contributed by atoms with Crippen molar-refractivity contribution in [2.75, 3.05) is 0 Å². The summed E-state index contributed by atoms with van der Waals surface area (Å²) in [6, 6.07) is 8.99. The number of nitrogens with two attached hydrogens (primary N) is 1. The molecule has 18 heavy (non-hydrogen) atoms. The van der Waals surface area contributed by atoms with Crippen LogP contribution in [0.5, 0.6) is 11.5 Å². The first-order valence-corrected chi connectivity index (χ1v) is 5.86. The van der Waals surface area contributed by atoms with Gasteiger partial charge in [0.2, 0.25) is 0 Å². The van der Waals surface area contributed by atoms with Gasteiger partial charge in [-0.15, -0.1) is 0 Å². The van der Waals surface area contributed by atoms with Gasteiger partial charge in [-0.05, 0) is 34.1 Å². The lowest BCUT2D eigenvalue weighted by Crippen LogP contribution is -2.14. The molecule has 0 spiro atoms. The number of ether oxygens (including phenoxy) is 1. The molecule has 5 nitrogen and oxygen atoms in total. The SMILES string of the molecule is N/C(=N/O)c1ccncc1Oc1ccccc1Br. The molecule has 2 rings (SSSR count). The molecule has 0 saturated heterocycles. The molecular formula is C12H10BrN3O2. The van der Waals surface area contributed by atoms with Crippen LogP contribution in [-0.4, -0.2) is 16.0 Å². The highest BCUT2D eigenvalue weighted by atomic mass is 79.9. The maximum atomic E-state index is 8.71. The van der Waals surface area contributed by atoms with Gasteiger partial charge in [-0.1, -0.05) is 17.3 Å². The smallest absolute Gasteiger partial charge is 0.173 e. The molecule has 0 unspecified atom stereocenters. The molecule has 2 aromatic rings. The summed E-state index contributed by atoms with van der Waals surface area (Å²) in [6.07, 6.45) is 3.05. The van der Waals surface area contributed by atoms with Gasteiger partial charge >= 0.3 is 0 Å². The third kappa shape index (κ3) is 2.60. The third-order valence-corrected chi connectivity index (χ3v) is 2.88. The van der Waals surface area contributed by atoms with Gasteiger partial charge in [0.15, 0.2) is 11.6 Å². The van der Waals surface area contributed by atoms with Crippen LogP contribution in [-0.2, 0) is 0 Å². The van der Waals surface area contributed by atoms with Crippen LogP contribution in [0.15, 0.2) is 52.4 Å². The first-order valence-electron chi connectivity index (χ1n) is 5.06. The van der Waals surface area contributed by atoms with Crippen LogP contribution in [0.3, 0.4) is 0 Å². The van der Waals surface area contributed by atoms with E-state index in [0.717, 1.165) is 4.47 Å². The van der Waals surface area contributed by atoms with E-state index in [9.17, 15) is 0 Å². The van der Waals surface area contributed by atoms with E-state index in [-0.39, 0.29) is 5.84 Å². The van der Waals surface area contributed by atoms with Crippen molar-refractivity contribution in [3.8, 4) is 11.5 Å². The van der Waals surface area contributed by atoms with E-state index in [1.807, 2.05) is 18.2 Å². The van der Waals surface area contributed by atoms with E-state index >= 15 is 0 Å². The Kier molecular flexibility index (Phi) is 3.78. The van der Waals surface area contributed by atoms with Crippen molar-refractivity contribution >= 4 is 21.8 Å². The number of hydrogen-bond donors (Lipinski definition) is 2. The van der Waals surface area contributed by atoms with Gasteiger partial charge < -0.3 is 15.7 Å². The van der Waals surface area contributed by atoms with Gasteiger partial charge in [-0.25, -0.2) is 0 Å². The minimum Gasteiger partial charge on any atom is -0.454 e. The molecule has 6 heteroatoms. The minimum absolute atomic E-state index is 0.0283. The Morgan fingerprint density at radius 2 is 2.06 bits per heavy atom. The second kappa shape index (κ2) is 5.50. The van der Waals surface area contributed by atoms with E-state index in [4.69, 9.17) is 15.7 Å². The number of aromatic nitrogens is 1. The van der Waals surface area contributed by atoms with Gasteiger partial charge in [0, 0.05) is 6.20 Å². The van der Waals surface area contributed by atoms with Crippen LogP contribution in [0.2, 0.25) is 0 Å². The van der Waals surface area contributed by atoms with Gasteiger partial charge in [0.25, 0.3) is 0 Å². The van der Waals surface area contributed by atoms with Gasteiger partial charge in [0.1, 0.15) is 5.75 Å². The van der Waals surface area contributed by atoms with E-state index in [1.54, 1.807) is 18.3 Å². The quantitative estimate of drug-likeness (QED) is 0.395. The Balaban J connectivity index is 2.38. The van der Waals surface area contributed by atoms with Crippen LogP contribution in [0.4, 0.5) is 0 Å². The Bertz CT molecular complexity index is 587. The van der Waals surface area contributed by atoms with E-state index in [2.05, 4.69) is 26.1 Å². The largest absolute Gasteiger partial charge is 0.454 e. The topological polar surface area (TPSA) is 80.7 Å². The fourth-order valence-corrected chi connectivity index (χ4v) is 1.74. The van der Waals surface area contributed by atoms with Crippen LogP contribution >= 0.6 is 15.9 Å². The molecule has 0 aliphatic carbocycles. The van der Waals surface area contributed by atoms with E-state index in [1.165, 1.54) is 6.20 Å². The monoisotopic (exact) mass is 307 g/mol. The highest BCUT2D eigenvalue weighted by Crippen LogP contribution is 2.30. The second-order valence-corrected chi connectivity index (χ2v) is 4.24. The van der Waals surface area contributed by atoms with Gasteiger partial charge in [0.05, 0.1) is 16.2 Å². The predicted molar refractivity (Wildman–Crippen MR) is 71.0 cm³/mol. The average molecular weight is 308 g/mol. The zero-order valence-corrected chi connectivity index (χ0v) is 10.8. The van der Waals surface area contributed by atoms with Crippen molar-refractivity contribution in [1.82, 2.24) is 4.98 Å². The molecule has 0 fully saturated rings. The van der Waals surface area contributed by atoms with Crippen molar-refractivity contribution in [3.05, 3.63) is 52.8 Å². The zero-order chi connectivity index (χ0) is 13.0. The van der Waals surface area contributed by atoms with E-state index in [0.29, 0.717) is 17.1 Å². The normalized spacial score (nSPS) is 11.3. The van der Waals surface area contributed by atoms with Crippen LogP contribution < -0.4 is 10.5 Å². The molecule has 0 aliphatic heterocycles. The lowest BCUT2D eigenvalue weighted by molar-refractivity contribution is 0.318. The molecule has 0 saturated carbocycles. The number of oxime groups is 1. The minimum atomic E-state index is -0.0283. The predicted octanol–water partition coefficient (Wildman–Crippen LogP) is 2.73. The number of nitrogens with zero attached hydrogens (tertiary/aromatic N) is 2. The Labute approximate surface area is 112 Å². The first-order chi connectivity index (χ1) is 8.72. The second-order valence-electron chi connectivity index (χ2n) is 3.39. The number of amidine groups is 1. The van der Waals surface area contributed by atoms with E-state index < -0.39 is 0 Å². The number of pyridine rings is 1. The highest BCUT2D eigenvalue weighted by Gasteiger charge is 2.10. The van der Waals surface area contributed by atoms with Crippen LogP contribution in [0.1, 0.15) is 5.56 Å². The zero-order valence-electron chi connectivity index (χ0n) is 9.25. The maximum absolute atomic E-state index is 8.71. The number of rotatable bonds is 3. The average Bonchev–Trinajstić information content (AvgIpc) is 2.41. The number of halogens is 1. The summed E-state index contributed by atoms with van der Waals surface area (Å²) in [6.45, 7) is 0. The summed E-state index contributed by atoms with van der Waals surface area (Å²) in [5.74, 6) is 1.01. The standard InChI is InChI=1S/C12H10BrN3O2/c13-9-3-1-2-4-10(9)18-11-7-15-6-5-8(11)12(14)16-17/h1-7,17H,(H2,14,16). The summed E-state index contributed by atoms with van der Waals surface area (Å²) in [5, 5.41) is 11.7. The first kappa shape index (κ1) is 12.4. The lowest BCUT2D eigenvalue weighted by Gasteiger charge is -2.10. The number of para-hydroxylation sites is 1. The molecule has 0 radical (unpaired) electrons. The molecule has 1 aromatic heterocycles. The molecule has 1 aromatic carbocycles. The third-order valence-electron chi connectivity index (χ3n) is 2.22. The highest BCUT2D eigenvalue weighted by molar-refractivity contribution is 9.10. The van der Waals surface area contributed by atoms with Crippen molar-refractivity contribution in [2.45, 2.75) is 0 Å². The Hall–Kier alpha value is -2.08. The number of benzene rings is 1. The van der Waals surface area contributed by atoms with Crippen LogP contribution in [0.25, 0.3) is 0 Å². The molecule has 0 atom stereocenters. The molecular weight excluding hydrogens is 298 g/mol. The van der Waals surface area contributed by atoms with Gasteiger partial charge in [-0.2, -0.15) is 0 Å². The number of hydrogen-bond acceptors (Lipinski definition) is 4. The molecule has 1 heterocycles. The fourth-order valence-electron chi connectivity index (χ4n) is 1.37. The van der Waals surface area contributed by atoms with Gasteiger partial charge in [-0.3, -0.25) is 4.98 Å². The van der Waals surface area contributed by atoms with Crippen molar-refractivity contribution in [3.63, 3.8) is 0 Å². The summed E-state index contributed by atoms with van der Waals surface area (Å²) < 4.78 is 6.49. The summed E-state index contributed by atoms with van der Waals surface area (Å²) in [7, 11) is 0. The molecule has 0 amide bonds. The maximum Gasteiger partial charge on any atom is 0.173 e. The Morgan fingerprint density at radius 1 is 1.28 bits per heavy atom. The molecule has 3 N–H and O–H groups in total. The van der Waals surface area contributed by atoms with Crippen molar-refractivity contribution < 1.29 is 9.94 Å². The van der Waals surface area contributed by atoms with Crippen molar-refractivity contribution in [2.24, 2.45) is 10.9 Å². The summed E-state index contributed by atoms with van der Waals surface area (Å²) >= 11 is 3.38. The Morgan fingerprint density at radius 3 is 2.78 bits per heavy atom. The lowest BCUT2D eigenvalue weighted by atomic mass is 10.2. The molecule has 0 bridgehead atoms. The van der Waals surface area contributed by atoms with Crippen molar-refractivity contribution in [1.29, 1.82) is 0 Å². The fraction of sp³-hybridized carbons (Fsp3) is 0. The molecule has 92 valence electrons. The summed E-state index contributed by atoms with van der Waals surface area (Å²) in [5.41, 5.74) is 6.04. The van der Waals surface area contributed by atoms with Crippen LogP contribution in [0, 0.1) is 0 Å².